The lowest BCUT2D eigenvalue weighted by Gasteiger charge is -2.16. The molecule has 29 heavy (non-hydrogen) atoms. The third-order valence-corrected chi connectivity index (χ3v) is 4.51. The summed E-state index contributed by atoms with van der Waals surface area (Å²) in [4.78, 5) is 38.3. The van der Waals surface area contributed by atoms with Crippen molar-refractivity contribution in [1.82, 2.24) is 10.9 Å². The highest BCUT2D eigenvalue weighted by Crippen LogP contribution is 2.28. The van der Waals surface area contributed by atoms with Crippen molar-refractivity contribution < 1.29 is 23.9 Å². The fourth-order valence-electron chi connectivity index (χ4n) is 3.08. The van der Waals surface area contributed by atoms with Gasteiger partial charge in [-0.2, -0.15) is 0 Å². The molecule has 0 radical (unpaired) electrons. The van der Waals surface area contributed by atoms with E-state index in [0.29, 0.717) is 47.9 Å². The summed E-state index contributed by atoms with van der Waals surface area (Å²) in [7, 11) is 1.49. The van der Waals surface area contributed by atoms with E-state index in [1.165, 1.54) is 13.2 Å². The Hall–Kier alpha value is -3.55. The summed E-state index contributed by atoms with van der Waals surface area (Å²) < 4.78 is 10.7. The molecule has 0 atom stereocenters. The van der Waals surface area contributed by atoms with Gasteiger partial charge in [-0.3, -0.25) is 25.2 Å². The van der Waals surface area contributed by atoms with Crippen molar-refractivity contribution in [2.45, 2.75) is 19.8 Å². The smallest absolute Gasteiger partial charge is 0.269 e. The highest BCUT2D eigenvalue weighted by molar-refractivity contribution is 6.01. The molecule has 0 bridgehead atoms. The van der Waals surface area contributed by atoms with Gasteiger partial charge in [0.25, 0.3) is 11.8 Å². The van der Waals surface area contributed by atoms with E-state index < -0.39 is 11.8 Å². The molecule has 0 aromatic heterocycles. The fraction of sp³-hybridized carbons (Fsp3) is 0.286. The Kier molecular flexibility index (Phi) is 6.33. The lowest BCUT2D eigenvalue weighted by atomic mass is 10.1. The molecular formula is C21H23N3O5. The van der Waals surface area contributed by atoms with Gasteiger partial charge in [0, 0.05) is 29.8 Å². The van der Waals surface area contributed by atoms with Gasteiger partial charge >= 0.3 is 0 Å². The number of methoxy groups -OCH3 is 1. The molecule has 1 fully saturated rings. The summed E-state index contributed by atoms with van der Waals surface area (Å²) >= 11 is 0. The second kappa shape index (κ2) is 9.09. The second-order valence-corrected chi connectivity index (χ2v) is 6.41. The topological polar surface area (TPSA) is 97.0 Å². The third kappa shape index (κ3) is 4.66. The minimum absolute atomic E-state index is 0.0420. The summed E-state index contributed by atoms with van der Waals surface area (Å²) in [6, 6.07) is 11.5. The van der Waals surface area contributed by atoms with Crippen LogP contribution >= 0.6 is 0 Å². The largest absolute Gasteiger partial charge is 0.493 e. The molecule has 1 aliphatic rings. The van der Waals surface area contributed by atoms with Crippen molar-refractivity contribution >= 4 is 23.4 Å². The minimum atomic E-state index is -0.495. The molecule has 3 amide bonds. The van der Waals surface area contributed by atoms with E-state index in [2.05, 4.69) is 10.9 Å². The van der Waals surface area contributed by atoms with E-state index in [1.54, 1.807) is 41.3 Å². The highest BCUT2D eigenvalue weighted by atomic mass is 16.5. The minimum Gasteiger partial charge on any atom is -0.493 e. The molecule has 8 nitrogen and oxygen atoms in total. The third-order valence-electron chi connectivity index (χ3n) is 4.51. The zero-order valence-electron chi connectivity index (χ0n) is 16.4. The Labute approximate surface area is 168 Å². The van der Waals surface area contributed by atoms with Gasteiger partial charge in [-0.15, -0.1) is 0 Å². The van der Waals surface area contributed by atoms with Crippen LogP contribution in [0.3, 0.4) is 0 Å². The van der Waals surface area contributed by atoms with Gasteiger partial charge in [0.1, 0.15) is 0 Å². The average Bonchev–Trinajstić information content (AvgIpc) is 3.18. The van der Waals surface area contributed by atoms with E-state index in [9.17, 15) is 14.4 Å². The maximum Gasteiger partial charge on any atom is 0.269 e. The predicted molar refractivity (Wildman–Crippen MR) is 107 cm³/mol. The van der Waals surface area contributed by atoms with Crippen LogP contribution in [-0.4, -0.2) is 38.0 Å². The van der Waals surface area contributed by atoms with Crippen LogP contribution in [0.5, 0.6) is 11.5 Å². The predicted octanol–water partition coefficient (Wildman–Crippen LogP) is 2.30. The average molecular weight is 397 g/mol. The fourth-order valence-corrected chi connectivity index (χ4v) is 3.08. The number of carbonyl (C=O) groups is 3. The van der Waals surface area contributed by atoms with E-state index in [1.807, 2.05) is 6.92 Å². The standard InChI is InChI=1S/C21H23N3O5/c1-3-29-17-10-9-15(13-18(17)28-2)21(27)23-22-20(26)14-6-4-7-16(12-14)24-11-5-8-19(24)25/h4,6-7,9-10,12-13H,3,5,8,11H2,1-2H3,(H,22,26)(H,23,27). The normalized spacial score (nSPS) is 13.2. The molecule has 1 heterocycles. The Bertz CT molecular complexity index is 928. The van der Waals surface area contributed by atoms with Gasteiger partial charge in [-0.25, -0.2) is 0 Å². The van der Waals surface area contributed by atoms with Crippen molar-refractivity contribution in [1.29, 1.82) is 0 Å². The van der Waals surface area contributed by atoms with Crippen LogP contribution in [0.15, 0.2) is 42.5 Å². The quantitative estimate of drug-likeness (QED) is 0.729. The first-order valence-corrected chi connectivity index (χ1v) is 9.35. The van der Waals surface area contributed by atoms with Gasteiger partial charge in [0.15, 0.2) is 11.5 Å². The van der Waals surface area contributed by atoms with Crippen molar-refractivity contribution in [3.05, 3.63) is 53.6 Å². The van der Waals surface area contributed by atoms with Crippen LogP contribution in [0.1, 0.15) is 40.5 Å². The van der Waals surface area contributed by atoms with Crippen LogP contribution in [0.2, 0.25) is 0 Å². The Morgan fingerprint density at radius 2 is 1.76 bits per heavy atom. The first-order valence-electron chi connectivity index (χ1n) is 9.35. The number of nitrogens with zero attached hydrogens (tertiary/aromatic N) is 1. The summed E-state index contributed by atoms with van der Waals surface area (Å²) in [5.41, 5.74) is 6.09. The maximum atomic E-state index is 12.4. The van der Waals surface area contributed by atoms with Gasteiger partial charge < -0.3 is 14.4 Å². The molecule has 8 heteroatoms. The second-order valence-electron chi connectivity index (χ2n) is 6.41. The van der Waals surface area contributed by atoms with Gasteiger partial charge in [0.2, 0.25) is 5.91 Å². The Morgan fingerprint density at radius 3 is 2.38 bits per heavy atom. The van der Waals surface area contributed by atoms with Crippen LogP contribution in [-0.2, 0) is 4.79 Å². The molecule has 2 N–H and O–H groups in total. The van der Waals surface area contributed by atoms with Crippen molar-refractivity contribution in [3.63, 3.8) is 0 Å². The molecule has 0 spiro atoms. The number of benzene rings is 2. The molecule has 3 rings (SSSR count). The number of ether oxygens (including phenoxy) is 2. The lowest BCUT2D eigenvalue weighted by molar-refractivity contribution is -0.117. The first-order chi connectivity index (χ1) is 14.0. The van der Waals surface area contributed by atoms with E-state index in [4.69, 9.17) is 9.47 Å². The first kappa shape index (κ1) is 20.2. The van der Waals surface area contributed by atoms with Crippen LogP contribution in [0, 0.1) is 0 Å². The summed E-state index contributed by atoms with van der Waals surface area (Å²) in [5, 5.41) is 0. The maximum absolute atomic E-state index is 12.4. The molecule has 0 saturated carbocycles. The lowest BCUT2D eigenvalue weighted by Crippen LogP contribution is -2.41. The Morgan fingerprint density at radius 1 is 1.03 bits per heavy atom. The van der Waals surface area contributed by atoms with E-state index in [0.717, 1.165) is 6.42 Å². The van der Waals surface area contributed by atoms with E-state index in [-0.39, 0.29) is 5.91 Å². The molecule has 152 valence electrons. The summed E-state index contributed by atoms with van der Waals surface area (Å²) in [6.45, 7) is 2.96. The Balaban J connectivity index is 1.65. The number of rotatable bonds is 6. The van der Waals surface area contributed by atoms with Crippen molar-refractivity contribution in [2.24, 2.45) is 0 Å². The summed E-state index contributed by atoms with van der Waals surface area (Å²) in [5.74, 6) is 0.0216. The molecule has 1 aliphatic heterocycles. The SMILES string of the molecule is CCOc1ccc(C(=O)NNC(=O)c2cccc(N3CCCC3=O)c2)cc1OC. The van der Waals surface area contributed by atoms with Crippen molar-refractivity contribution in [2.75, 3.05) is 25.2 Å². The molecule has 1 saturated heterocycles. The van der Waals surface area contributed by atoms with E-state index >= 15 is 0 Å². The number of nitrogens with one attached hydrogen (secondary N) is 2. The van der Waals surface area contributed by atoms with Gasteiger partial charge in [0.05, 0.1) is 13.7 Å². The molecule has 0 aliphatic carbocycles. The zero-order valence-corrected chi connectivity index (χ0v) is 16.4. The summed E-state index contributed by atoms with van der Waals surface area (Å²) in [6.07, 6.45) is 1.31. The van der Waals surface area contributed by atoms with Crippen LogP contribution in [0.4, 0.5) is 5.69 Å². The molecular weight excluding hydrogens is 374 g/mol. The van der Waals surface area contributed by atoms with Crippen LogP contribution < -0.4 is 25.2 Å². The number of amides is 3. The van der Waals surface area contributed by atoms with Crippen LogP contribution in [0.25, 0.3) is 0 Å². The monoisotopic (exact) mass is 397 g/mol. The van der Waals surface area contributed by atoms with Gasteiger partial charge in [-0.1, -0.05) is 6.07 Å². The molecule has 2 aromatic rings. The number of anilines is 1. The van der Waals surface area contributed by atoms with Gasteiger partial charge in [-0.05, 0) is 49.7 Å². The number of carbonyl (C=O) groups excluding carboxylic acids is 3. The number of hydrogen-bond acceptors (Lipinski definition) is 5. The zero-order chi connectivity index (χ0) is 20.8. The number of hydrogen-bond donors (Lipinski definition) is 2. The van der Waals surface area contributed by atoms with Crippen molar-refractivity contribution in [3.8, 4) is 11.5 Å². The molecule has 0 unspecified atom stereocenters. The highest BCUT2D eigenvalue weighted by Gasteiger charge is 2.22. The molecule has 2 aromatic carbocycles. The number of hydrazine groups is 1.